The Morgan fingerprint density at radius 3 is 2.62 bits per heavy atom. The lowest BCUT2D eigenvalue weighted by atomic mass is 10.1. The van der Waals surface area contributed by atoms with Crippen LogP contribution in [0.4, 0.5) is 5.69 Å². The quantitative estimate of drug-likeness (QED) is 0.785. The molecule has 24 heavy (non-hydrogen) atoms. The highest BCUT2D eigenvalue weighted by molar-refractivity contribution is 7.92. The van der Waals surface area contributed by atoms with E-state index in [0.717, 1.165) is 12.0 Å². The molecule has 0 saturated heterocycles. The summed E-state index contributed by atoms with van der Waals surface area (Å²) in [6.45, 7) is 4.28. The van der Waals surface area contributed by atoms with Crippen LogP contribution in [-0.2, 0) is 21.2 Å². The number of carbonyl (C=O) groups is 2. The van der Waals surface area contributed by atoms with Gasteiger partial charge in [0.25, 0.3) is 5.91 Å². The maximum Gasteiger partial charge on any atom is 0.251 e. The minimum Gasteiger partial charge on any atom is -0.355 e. The second-order valence-electron chi connectivity index (χ2n) is 5.99. The highest BCUT2D eigenvalue weighted by Crippen LogP contribution is 2.34. The molecule has 1 aromatic rings. The van der Waals surface area contributed by atoms with Gasteiger partial charge < -0.3 is 10.6 Å². The van der Waals surface area contributed by atoms with Crippen molar-refractivity contribution in [2.24, 2.45) is 0 Å². The number of rotatable bonds is 6. The zero-order valence-electron chi connectivity index (χ0n) is 14.1. The highest BCUT2D eigenvalue weighted by atomic mass is 32.2. The number of sulfonamides is 1. The van der Waals surface area contributed by atoms with E-state index in [9.17, 15) is 18.0 Å². The van der Waals surface area contributed by atoms with Gasteiger partial charge in [0.2, 0.25) is 15.9 Å². The Bertz CT molecular complexity index is 746. The number of hydrogen-bond donors (Lipinski definition) is 2. The van der Waals surface area contributed by atoms with Crippen molar-refractivity contribution in [3.8, 4) is 0 Å². The SMILES string of the molecule is CCCNC(=O)CNC(=O)c1ccc2c(c1)C[C@@H](C)N2S(C)(=O)=O. The van der Waals surface area contributed by atoms with Crippen LogP contribution >= 0.6 is 0 Å². The third kappa shape index (κ3) is 4.05. The van der Waals surface area contributed by atoms with E-state index < -0.39 is 10.0 Å². The molecule has 0 aliphatic carbocycles. The Labute approximate surface area is 142 Å². The molecule has 1 aliphatic heterocycles. The average Bonchev–Trinajstić information content (AvgIpc) is 2.85. The van der Waals surface area contributed by atoms with Gasteiger partial charge in [0, 0.05) is 18.2 Å². The standard InChI is InChI=1S/C16H23N3O4S/c1-4-7-17-15(20)10-18-16(21)12-5-6-14-13(9-12)8-11(2)19(14)24(3,22)23/h5-6,9,11H,4,7-8,10H2,1-3H3,(H,17,20)(H,18,21)/t11-/m1/s1. The van der Waals surface area contributed by atoms with Crippen LogP contribution in [0.2, 0.25) is 0 Å². The lowest BCUT2D eigenvalue weighted by Gasteiger charge is -2.21. The molecule has 132 valence electrons. The molecule has 1 heterocycles. The Balaban J connectivity index is 2.08. The Hall–Kier alpha value is -2.09. The van der Waals surface area contributed by atoms with Crippen LogP contribution in [0.25, 0.3) is 0 Å². The summed E-state index contributed by atoms with van der Waals surface area (Å²) in [5.74, 6) is -0.585. The van der Waals surface area contributed by atoms with E-state index in [1.807, 2.05) is 13.8 Å². The Morgan fingerprint density at radius 1 is 1.29 bits per heavy atom. The summed E-state index contributed by atoms with van der Waals surface area (Å²) in [5, 5.41) is 5.25. The lowest BCUT2D eigenvalue weighted by molar-refractivity contribution is -0.120. The first-order valence-electron chi connectivity index (χ1n) is 7.91. The van der Waals surface area contributed by atoms with Crippen molar-refractivity contribution in [2.75, 3.05) is 23.7 Å². The predicted octanol–water partition coefficient (Wildman–Crippen LogP) is 0.653. The van der Waals surface area contributed by atoms with E-state index in [4.69, 9.17) is 0 Å². The van der Waals surface area contributed by atoms with Crippen molar-refractivity contribution < 1.29 is 18.0 Å². The maximum atomic E-state index is 12.2. The maximum absolute atomic E-state index is 12.2. The number of benzene rings is 1. The molecular formula is C16H23N3O4S. The van der Waals surface area contributed by atoms with E-state index in [-0.39, 0.29) is 24.4 Å². The molecule has 0 fully saturated rings. The van der Waals surface area contributed by atoms with E-state index >= 15 is 0 Å². The van der Waals surface area contributed by atoms with Gasteiger partial charge in [-0.2, -0.15) is 0 Å². The van der Waals surface area contributed by atoms with Crippen LogP contribution < -0.4 is 14.9 Å². The number of nitrogens with zero attached hydrogens (tertiary/aromatic N) is 1. The van der Waals surface area contributed by atoms with E-state index in [1.54, 1.807) is 18.2 Å². The summed E-state index contributed by atoms with van der Waals surface area (Å²) in [4.78, 5) is 23.7. The van der Waals surface area contributed by atoms with Gasteiger partial charge in [-0.15, -0.1) is 0 Å². The first-order chi connectivity index (χ1) is 11.2. The lowest BCUT2D eigenvalue weighted by Crippen LogP contribution is -2.37. The van der Waals surface area contributed by atoms with Gasteiger partial charge in [-0.25, -0.2) is 8.42 Å². The third-order valence-corrected chi connectivity index (χ3v) is 5.10. The largest absolute Gasteiger partial charge is 0.355 e. The summed E-state index contributed by atoms with van der Waals surface area (Å²) in [6.07, 6.45) is 2.56. The second-order valence-corrected chi connectivity index (χ2v) is 7.85. The van der Waals surface area contributed by atoms with E-state index in [1.165, 1.54) is 10.6 Å². The van der Waals surface area contributed by atoms with Crippen LogP contribution in [-0.4, -0.2) is 45.6 Å². The van der Waals surface area contributed by atoms with Crippen LogP contribution in [0.3, 0.4) is 0 Å². The number of fused-ring (bicyclic) bond motifs is 1. The number of amides is 2. The van der Waals surface area contributed by atoms with Crippen LogP contribution in [0.1, 0.15) is 36.2 Å². The molecular weight excluding hydrogens is 330 g/mol. The van der Waals surface area contributed by atoms with Crippen molar-refractivity contribution in [3.05, 3.63) is 29.3 Å². The fourth-order valence-electron chi connectivity index (χ4n) is 2.84. The van der Waals surface area contributed by atoms with Crippen LogP contribution in [0, 0.1) is 0 Å². The molecule has 0 saturated carbocycles. The van der Waals surface area contributed by atoms with Crippen molar-refractivity contribution in [3.63, 3.8) is 0 Å². The van der Waals surface area contributed by atoms with Gasteiger partial charge in [0.1, 0.15) is 0 Å². The highest BCUT2D eigenvalue weighted by Gasteiger charge is 2.32. The predicted molar refractivity (Wildman–Crippen MR) is 92.6 cm³/mol. The van der Waals surface area contributed by atoms with Gasteiger partial charge in [0.05, 0.1) is 18.5 Å². The summed E-state index contributed by atoms with van der Waals surface area (Å²) in [7, 11) is -3.35. The first-order valence-corrected chi connectivity index (χ1v) is 9.76. The normalized spacial score (nSPS) is 16.6. The molecule has 8 heteroatoms. The molecule has 0 radical (unpaired) electrons. The van der Waals surface area contributed by atoms with Crippen molar-refractivity contribution in [1.82, 2.24) is 10.6 Å². The number of nitrogens with one attached hydrogen (secondary N) is 2. The molecule has 2 rings (SSSR count). The van der Waals surface area contributed by atoms with Gasteiger partial charge >= 0.3 is 0 Å². The Kier molecular flexibility index (Phi) is 5.48. The molecule has 2 N–H and O–H groups in total. The summed E-state index contributed by atoms with van der Waals surface area (Å²) in [6, 6.07) is 4.74. The monoisotopic (exact) mass is 353 g/mol. The van der Waals surface area contributed by atoms with Crippen LogP contribution in [0.5, 0.6) is 0 Å². The van der Waals surface area contributed by atoms with E-state index in [0.29, 0.717) is 24.2 Å². The average molecular weight is 353 g/mol. The molecule has 1 aromatic carbocycles. The van der Waals surface area contributed by atoms with Crippen LogP contribution in [0.15, 0.2) is 18.2 Å². The summed E-state index contributed by atoms with van der Waals surface area (Å²) >= 11 is 0. The summed E-state index contributed by atoms with van der Waals surface area (Å²) in [5.41, 5.74) is 1.85. The molecule has 1 aliphatic rings. The topological polar surface area (TPSA) is 95.6 Å². The third-order valence-electron chi connectivity index (χ3n) is 3.83. The zero-order valence-corrected chi connectivity index (χ0v) is 14.9. The number of carbonyl (C=O) groups excluding carboxylic acids is 2. The zero-order chi connectivity index (χ0) is 17.9. The molecule has 0 aromatic heterocycles. The molecule has 1 atom stereocenters. The van der Waals surface area contributed by atoms with Gasteiger partial charge in [-0.05, 0) is 43.5 Å². The smallest absolute Gasteiger partial charge is 0.251 e. The molecule has 0 bridgehead atoms. The van der Waals surface area contributed by atoms with Crippen molar-refractivity contribution in [2.45, 2.75) is 32.7 Å². The molecule has 2 amide bonds. The minimum absolute atomic E-state index is 0.0816. The van der Waals surface area contributed by atoms with E-state index in [2.05, 4.69) is 10.6 Å². The van der Waals surface area contributed by atoms with Crippen molar-refractivity contribution >= 4 is 27.5 Å². The Morgan fingerprint density at radius 2 is 2.00 bits per heavy atom. The molecule has 7 nitrogen and oxygen atoms in total. The summed E-state index contributed by atoms with van der Waals surface area (Å²) < 4.78 is 25.2. The first kappa shape index (κ1) is 18.3. The molecule has 0 spiro atoms. The van der Waals surface area contributed by atoms with Gasteiger partial charge in [0.15, 0.2) is 0 Å². The fraction of sp³-hybridized carbons (Fsp3) is 0.500. The molecule has 0 unspecified atom stereocenters. The fourth-order valence-corrected chi connectivity index (χ4v) is 4.10. The second kappa shape index (κ2) is 7.21. The van der Waals surface area contributed by atoms with Gasteiger partial charge in [-0.1, -0.05) is 6.92 Å². The van der Waals surface area contributed by atoms with Crippen molar-refractivity contribution in [1.29, 1.82) is 0 Å². The number of anilines is 1. The minimum atomic E-state index is -3.35. The van der Waals surface area contributed by atoms with Gasteiger partial charge in [-0.3, -0.25) is 13.9 Å². The number of hydrogen-bond acceptors (Lipinski definition) is 4.